The Balaban J connectivity index is 2.07. The van der Waals surface area contributed by atoms with Gasteiger partial charge in [-0.05, 0) is 30.2 Å². The van der Waals surface area contributed by atoms with Crippen LogP contribution in [0.1, 0.15) is 13.8 Å². The Morgan fingerprint density at radius 2 is 1.95 bits per heavy atom. The molecular weight excluding hydrogens is 280 g/mol. The summed E-state index contributed by atoms with van der Waals surface area (Å²) in [6.45, 7) is 4.33. The van der Waals surface area contributed by atoms with Crippen molar-refractivity contribution >= 4 is 32.5 Å². The molecule has 1 N–H and O–H groups in total. The molecule has 19 heavy (non-hydrogen) atoms. The minimum atomic E-state index is -3.13. The van der Waals surface area contributed by atoms with Gasteiger partial charge in [0.15, 0.2) is 15.0 Å². The number of anilines is 1. The first-order valence-corrected chi connectivity index (χ1v) is 9.01. The van der Waals surface area contributed by atoms with Gasteiger partial charge in [-0.1, -0.05) is 25.6 Å². The average Bonchev–Trinajstić information content (AvgIpc) is 2.77. The molecule has 1 heterocycles. The number of sulfone groups is 1. The number of nitrogens with one attached hydrogen (secondary N) is 1. The molecule has 6 heteroatoms. The predicted octanol–water partition coefficient (Wildman–Crippen LogP) is 2.63. The highest BCUT2D eigenvalue weighted by atomic mass is 32.2. The van der Waals surface area contributed by atoms with Crippen molar-refractivity contribution in [3.05, 3.63) is 24.3 Å². The van der Waals surface area contributed by atoms with Crippen LogP contribution in [-0.2, 0) is 9.84 Å². The maximum absolute atomic E-state index is 11.4. The highest BCUT2D eigenvalue weighted by Gasteiger charge is 2.21. The molecule has 0 spiro atoms. The van der Waals surface area contributed by atoms with E-state index in [0.717, 1.165) is 16.6 Å². The molecule has 4 nitrogen and oxygen atoms in total. The predicted molar refractivity (Wildman–Crippen MR) is 81.7 cm³/mol. The first-order valence-electron chi connectivity index (χ1n) is 6.14. The van der Waals surface area contributed by atoms with Gasteiger partial charge in [-0.15, -0.1) is 0 Å². The summed E-state index contributed by atoms with van der Waals surface area (Å²) in [5, 5.41) is 4.13. The number of hydrogen-bond donors (Lipinski definition) is 1. The summed E-state index contributed by atoms with van der Waals surface area (Å²) < 4.78 is 22.7. The molecule has 0 saturated heterocycles. The molecule has 1 atom stereocenters. The number of amidine groups is 1. The van der Waals surface area contributed by atoms with Gasteiger partial charge in [0.2, 0.25) is 0 Å². The monoisotopic (exact) mass is 298 g/mol. The Hall–Kier alpha value is -1.01. The van der Waals surface area contributed by atoms with Crippen LogP contribution in [-0.4, -0.2) is 31.6 Å². The summed E-state index contributed by atoms with van der Waals surface area (Å²) in [4.78, 5) is 4.94. The molecular formula is C13H18N2O2S2. The van der Waals surface area contributed by atoms with Crippen molar-refractivity contribution in [3.63, 3.8) is 0 Å². The van der Waals surface area contributed by atoms with Gasteiger partial charge in [0, 0.05) is 17.7 Å². The molecule has 1 aliphatic heterocycles. The molecule has 0 saturated carbocycles. The van der Waals surface area contributed by atoms with E-state index in [4.69, 9.17) is 0 Å². The van der Waals surface area contributed by atoms with E-state index in [-0.39, 0.29) is 0 Å². The Morgan fingerprint density at radius 1 is 1.32 bits per heavy atom. The van der Waals surface area contributed by atoms with Gasteiger partial charge in [-0.3, -0.25) is 4.99 Å². The van der Waals surface area contributed by atoms with Crippen molar-refractivity contribution in [3.8, 4) is 0 Å². The molecule has 2 rings (SSSR count). The van der Waals surface area contributed by atoms with E-state index in [1.54, 1.807) is 36.0 Å². The number of aliphatic imine (C=N–C) groups is 1. The van der Waals surface area contributed by atoms with Crippen LogP contribution in [0.3, 0.4) is 0 Å². The van der Waals surface area contributed by atoms with Crippen LogP contribution in [0.2, 0.25) is 0 Å². The Morgan fingerprint density at radius 3 is 2.42 bits per heavy atom. The average molecular weight is 298 g/mol. The summed E-state index contributed by atoms with van der Waals surface area (Å²) >= 11 is 1.70. The van der Waals surface area contributed by atoms with Crippen molar-refractivity contribution in [2.75, 3.05) is 17.3 Å². The maximum atomic E-state index is 11.4. The van der Waals surface area contributed by atoms with Crippen molar-refractivity contribution in [1.82, 2.24) is 0 Å². The van der Waals surface area contributed by atoms with E-state index >= 15 is 0 Å². The fourth-order valence-electron chi connectivity index (χ4n) is 1.71. The van der Waals surface area contributed by atoms with Gasteiger partial charge in [0.25, 0.3) is 0 Å². The number of hydrogen-bond acceptors (Lipinski definition) is 5. The number of thioether (sulfide) groups is 1. The first-order chi connectivity index (χ1) is 8.86. The van der Waals surface area contributed by atoms with Crippen LogP contribution in [0, 0.1) is 5.92 Å². The lowest BCUT2D eigenvalue weighted by Crippen LogP contribution is -2.12. The van der Waals surface area contributed by atoms with Crippen molar-refractivity contribution < 1.29 is 8.42 Å². The normalized spacial score (nSPS) is 19.6. The molecule has 0 amide bonds. The molecule has 1 aromatic carbocycles. The molecule has 104 valence electrons. The highest BCUT2D eigenvalue weighted by Crippen LogP contribution is 2.24. The molecule has 0 fully saturated rings. The lowest BCUT2D eigenvalue weighted by molar-refractivity contribution is 0.543. The minimum Gasteiger partial charge on any atom is -0.335 e. The molecule has 1 aromatic rings. The zero-order chi connectivity index (χ0) is 14.0. The summed E-state index contributed by atoms with van der Waals surface area (Å²) in [7, 11) is -3.13. The molecule has 0 aromatic heterocycles. The molecule has 0 bridgehead atoms. The van der Waals surface area contributed by atoms with Crippen molar-refractivity contribution in [1.29, 1.82) is 0 Å². The zero-order valence-electron chi connectivity index (χ0n) is 11.3. The zero-order valence-corrected chi connectivity index (χ0v) is 12.9. The maximum Gasteiger partial charge on any atom is 0.175 e. The van der Waals surface area contributed by atoms with E-state index in [2.05, 4.69) is 24.2 Å². The van der Waals surface area contributed by atoms with E-state index in [1.807, 2.05) is 0 Å². The standard InChI is InChI=1S/C13H18N2O2S2/c1-9(2)12-8-18-13(15-12)14-10-4-6-11(7-5-10)19(3,16)17/h4-7,9,12H,8H2,1-3H3,(H,14,15). The van der Waals surface area contributed by atoms with Crippen LogP contribution in [0.5, 0.6) is 0 Å². The van der Waals surface area contributed by atoms with Crippen LogP contribution >= 0.6 is 11.8 Å². The molecule has 0 radical (unpaired) electrons. The van der Waals surface area contributed by atoms with Crippen LogP contribution in [0.25, 0.3) is 0 Å². The second-order valence-corrected chi connectivity index (χ2v) is 8.00. The van der Waals surface area contributed by atoms with Crippen LogP contribution in [0.4, 0.5) is 5.69 Å². The van der Waals surface area contributed by atoms with Gasteiger partial charge in [0.1, 0.15) is 0 Å². The second kappa shape index (κ2) is 5.54. The van der Waals surface area contributed by atoms with E-state index < -0.39 is 9.84 Å². The SMILES string of the molecule is CC(C)C1CSC(Nc2ccc(S(C)(=O)=O)cc2)=N1. The van der Waals surface area contributed by atoms with E-state index in [9.17, 15) is 8.42 Å². The van der Waals surface area contributed by atoms with Gasteiger partial charge in [-0.2, -0.15) is 0 Å². The molecule has 1 unspecified atom stereocenters. The first kappa shape index (κ1) is 14.4. The van der Waals surface area contributed by atoms with Crippen molar-refractivity contribution in [2.24, 2.45) is 10.9 Å². The largest absolute Gasteiger partial charge is 0.335 e. The second-order valence-electron chi connectivity index (χ2n) is 4.98. The third-order valence-corrected chi connectivity index (χ3v) is 5.09. The highest BCUT2D eigenvalue weighted by molar-refractivity contribution is 8.14. The summed E-state index contributed by atoms with van der Waals surface area (Å²) in [6.07, 6.45) is 1.21. The minimum absolute atomic E-state index is 0.333. The van der Waals surface area contributed by atoms with Crippen LogP contribution < -0.4 is 5.32 Å². The third-order valence-electron chi connectivity index (χ3n) is 2.98. The van der Waals surface area contributed by atoms with Gasteiger partial charge in [0.05, 0.1) is 10.9 Å². The quantitative estimate of drug-likeness (QED) is 0.932. The summed E-state index contributed by atoms with van der Waals surface area (Å²) in [6, 6.07) is 7.11. The lowest BCUT2D eigenvalue weighted by atomic mass is 10.1. The van der Waals surface area contributed by atoms with Gasteiger partial charge in [-0.25, -0.2) is 8.42 Å². The fraction of sp³-hybridized carbons (Fsp3) is 0.462. The molecule has 1 aliphatic rings. The Bertz CT molecular complexity index is 577. The van der Waals surface area contributed by atoms with E-state index in [0.29, 0.717) is 16.9 Å². The smallest absolute Gasteiger partial charge is 0.175 e. The fourth-order valence-corrected chi connectivity index (χ4v) is 3.53. The lowest BCUT2D eigenvalue weighted by Gasteiger charge is -2.08. The number of benzene rings is 1. The van der Waals surface area contributed by atoms with Crippen molar-refractivity contribution in [2.45, 2.75) is 24.8 Å². The number of rotatable bonds is 3. The Labute approximate surface area is 118 Å². The van der Waals surface area contributed by atoms with Crippen LogP contribution in [0.15, 0.2) is 34.2 Å². The molecule has 0 aliphatic carbocycles. The third kappa shape index (κ3) is 3.73. The summed E-state index contributed by atoms with van der Waals surface area (Å²) in [5.41, 5.74) is 0.864. The number of nitrogens with zero attached hydrogens (tertiary/aromatic N) is 1. The van der Waals surface area contributed by atoms with E-state index in [1.165, 1.54) is 6.26 Å². The van der Waals surface area contributed by atoms with Gasteiger partial charge < -0.3 is 5.32 Å². The Kier molecular flexibility index (Phi) is 4.20. The van der Waals surface area contributed by atoms with Gasteiger partial charge >= 0.3 is 0 Å². The topological polar surface area (TPSA) is 58.5 Å². The summed E-state index contributed by atoms with van der Waals surface area (Å²) in [5.74, 6) is 1.54.